The lowest BCUT2D eigenvalue weighted by Gasteiger charge is -2.40. The molecule has 0 spiro atoms. The monoisotopic (exact) mass is 416 g/mol. The molecule has 7 nitrogen and oxygen atoms in total. The lowest BCUT2D eigenvalue weighted by Crippen LogP contribution is -2.53. The highest BCUT2D eigenvalue weighted by Crippen LogP contribution is 2.25. The summed E-state index contributed by atoms with van der Waals surface area (Å²) >= 11 is 1.67. The molecule has 0 bridgehead atoms. The predicted molar refractivity (Wildman–Crippen MR) is 113 cm³/mol. The number of hydrogen-bond donors (Lipinski definition) is 1. The molecule has 3 heterocycles. The quantitative estimate of drug-likeness (QED) is 0.635. The van der Waals surface area contributed by atoms with Crippen LogP contribution < -0.4 is 4.74 Å². The maximum Gasteiger partial charge on any atom is 0.133 e. The maximum atomic E-state index is 10.5. The van der Waals surface area contributed by atoms with Crippen molar-refractivity contribution in [3.05, 3.63) is 40.7 Å². The molecule has 0 unspecified atom stereocenters. The van der Waals surface area contributed by atoms with E-state index in [1.165, 1.54) is 0 Å². The van der Waals surface area contributed by atoms with Crippen LogP contribution >= 0.6 is 11.3 Å². The Morgan fingerprint density at radius 3 is 2.93 bits per heavy atom. The van der Waals surface area contributed by atoms with E-state index >= 15 is 0 Å². The van der Waals surface area contributed by atoms with Gasteiger partial charge < -0.3 is 14.4 Å². The highest BCUT2D eigenvalue weighted by atomic mass is 32.1. The number of benzene rings is 1. The fourth-order valence-corrected chi connectivity index (χ4v) is 4.63. The Balaban J connectivity index is 1.23. The van der Waals surface area contributed by atoms with Gasteiger partial charge in [-0.1, -0.05) is 5.16 Å². The van der Waals surface area contributed by atoms with Gasteiger partial charge in [0.2, 0.25) is 0 Å². The smallest absolute Gasteiger partial charge is 0.133 e. The van der Waals surface area contributed by atoms with Crippen molar-refractivity contribution in [1.29, 1.82) is 0 Å². The fourth-order valence-electron chi connectivity index (χ4n) is 3.83. The van der Waals surface area contributed by atoms with Gasteiger partial charge in [-0.25, -0.2) is 4.98 Å². The molecule has 1 aromatic carbocycles. The second-order valence-electron chi connectivity index (χ2n) is 7.84. The van der Waals surface area contributed by atoms with Crippen molar-refractivity contribution in [1.82, 2.24) is 19.9 Å². The molecule has 1 fully saturated rings. The summed E-state index contributed by atoms with van der Waals surface area (Å²) in [6.07, 6.45) is -0.528. The first-order chi connectivity index (χ1) is 14.0. The highest BCUT2D eigenvalue weighted by molar-refractivity contribution is 7.18. The third-order valence-electron chi connectivity index (χ3n) is 5.27. The van der Waals surface area contributed by atoms with E-state index in [0.29, 0.717) is 12.6 Å². The van der Waals surface area contributed by atoms with Crippen molar-refractivity contribution in [3.63, 3.8) is 0 Å². The van der Waals surface area contributed by atoms with Crippen LogP contribution in [0, 0.1) is 13.8 Å². The first-order valence-corrected chi connectivity index (χ1v) is 10.8. The second-order valence-corrected chi connectivity index (χ2v) is 9.07. The van der Waals surface area contributed by atoms with Gasteiger partial charge in [0.05, 0.1) is 20.9 Å². The minimum atomic E-state index is -0.528. The van der Waals surface area contributed by atoms with Crippen LogP contribution in [0.3, 0.4) is 0 Å². The SMILES string of the molecule is Cc1cc(CN2CCN(C[C@@H](O)COc3ccc4sc(C)nc4c3)C[C@@H]2C)no1. The fraction of sp³-hybridized carbons (Fsp3) is 0.524. The van der Waals surface area contributed by atoms with Crippen LogP contribution in [-0.4, -0.2) is 70.0 Å². The number of aliphatic hydroxyl groups excluding tert-OH is 1. The van der Waals surface area contributed by atoms with E-state index in [1.54, 1.807) is 11.3 Å². The molecule has 0 aliphatic carbocycles. The number of aromatic nitrogens is 2. The average Bonchev–Trinajstić information content (AvgIpc) is 3.26. The molecule has 2 atom stereocenters. The standard InChI is InChI=1S/C21H28N4O3S/c1-14-10-24(6-7-25(14)11-17-8-15(2)28-23-17)12-18(26)13-27-19-4-5-21-20(9-19)22-16(3)29-21/h4-5,8-9,14,18,26H,6-7,10-13H2,1-3H3/t14-,18+/m0/s1. The van der Waals surface area contributed by atoms with Crippen LogP contribution in [-0.2, 0) is 6.54 Å². The molecule has 4 rings (SSSR count). The summed E-state index contributed by atoms with van der Waals surface area (Å²) in [5, 5.41) is 15.6. The number of β-amino-alcohol motifs (C(OH)–C–C–N with tert-alkyl or cyclic N) is 1. The molecule has 8 heteroatoms. The maximum absolute atomic E-state index is 10.5. The summed E-state index contributed by atoms with van der Waals surface area (Å²) in [6.45, 7) is 10.6. The van der Waals surface area contributed by atoms with Gasteiger partial charge in [-0.05, 0) is 32.9 Å². The van der Waals surface area contributed by atoms with E-state index in [0.717, 1.165) is 58.6 Å². The van der Waals surface area contributed by atoms with Crippen molar-refractivity contribution in [2.24, 2.45) is 0 Å². The molecule has 1 saturated heterocycles. The summed E-state index contributed by atoms with van der Waals surface area (Å²) in [7, 11) is 0. The number of rotatable bonds is 7. The van der Waals surface area contributed by atoms with Crippen LogP contribution in [0.15, 0.2) is 28.8 Å². The topological polar surface area (TPSA) is 74.9 Å². The Kier molecular flexibility index (Phi) is 6.15. The molecule has 1 aliphatic heterocycles. The molecule has 2 aromatic heterocycles. The number of hydrogen-bond acceptors (Lipinski definition) is 8. The number of piperazine rings is 1. The number of thiazole rings is 1. The zero-order chi connectivity index (χ0) is 20.4. The first-order valence-electron chi connectivity index (χ1n) is 10.0. The zero-order valence-corrected chi connectivity index (χ0v) is 18.0. The number of aliphatic hydroxyl groups is 1. The largest absolute Gasteiger partial charge is 0.491 e. The van der Waals surface area contributed by atoms with Crippen molar-refractivity contribution in [2.75, 3.05) is 32.8 Å². The Labute approximate surface area is 174 Å². The lowest BCUT2D eigenvalue weighted by molar-refractivity contribution is 0.0250. The van der Waals surface area contributed by atoms with Crippen LogP contribution in [0.2, 0.25) is 0 Å². The molecule has 0 saturated carbocycles. The molecule has 1 aliphatic rings. The predicted octanol–water partition coefficient (Wildman–Crippen LogP) is 2.85. The van der Waals surface area contributed by atoms with Crippen LogP contribution in [0.1, 0.15) is 23.4 Å². The summed E-state index contributed by atoms with van der Waals surface area (Å²) in [6, 6.07) is 8.30. The van der Waals surface area contributed by atoms with Gasteiger partial charge in [-0.3, -0.25) is 9.80 Å². The summed E-state index contributed by atoms with van der Waals surface area (Å²) < 4.78 is 12.1. The third kappa shape index (κ3) is 5.14. The van der Waals surface area contributed by atoms with Crippen LogP contribution in [0.4, 0.5) is 0 Å². The molecular formula is C21H28N4O3S. The van der Waals surface area contributed by atoms with Crippen molar-refractivity contribution >= 4 is 21.6 Å². The third-order valence-corrected chi connectivity index (χ3v) is 6.22. The molecule has 0 radical (unpaired) electrons. The summed E-state index contributed by atoms with van der Waals surface area (Å²) in [4.78, 5) is 9.20. The Hall–Kier alpha value is -2.00. The minimum Gasteiger partial charge on any atom is -0.491 e. The molecule has 3 aromatic rings. The van der Waals surface area contributed by atoms with Gasteiger partial charge in [0, 0.05) is 50.9 Å². The number of nitrogens with zero attached hydrogens (tertiary/aromatic N) is 4. The van der Waals surface area contributed by atoms with Gasteiger partial charge in [-0.2, -0.15) is 0 Å². The molecule has 156 valence electrons. The summed E-state index contributed by atoms with van der Waals surface area (Å²) in [5.41, 5.74) is 1.93. The van der Waals surface area contributed by atoms with E-state index < -0.39 is 6.10 Å². The number of ether oxygens (including phenoxy) is 1. The van der Waals surface area contributed by atoms with E-state index in [2.05, 4.69) is 26.9 Å². The molecular weight excluding hydrogens is 388 g/mol. The van der Waals surface area contributed by atoms with Gasteiger partial charge in [0.1, 0.15) is 24.2 Å². The van der Waals surface area contributed by atoms with Gasteiger partial charge in [0.15, 0.2) is 0 Å². The minimum absolute atomic E-state index is 0.279. The number of fused-ring (bicyclic) bond motifs is 1. The van der Waals surface area contributed by atoms with E-state index in [9.17, 15) is 5.11 Å². The summed E-state index contributed by atoms with van der Waals surface area (Å²) in [5.74, 6) is 1.60. The van der Waals surface area contributed by atoms with E-state index in [-0.39, 0.29) is 6.61 Å². The first kappa shape index (κ1) is 20.3. The van der Waals surface area contributed by atoms with Crippen molar-refractivity contribution in [3.8, 4) is 5.75 Å². The molecule has 1 N–H and O–H groups in total. The second kappa shape index (κ2) is 8.79. The molecule has 29 heavy (non-hydrogen) atoms. The van der Waals surface area contributed by atoms with E-state index in [1.807, 2.05) is 38.1 Å². The van der Waals surface area contributed by atoms with Crippen LogP contribution in [0.5, 0.6) is 5.75 Å². The van der Waals surface area contributed by atoms with E-state index in [4.69, 9.17) is 9.26 Å². The average molecular weight is 417 g/mol. The highest BCUT2D eigenvalue weighted by Gasteiger charge is 2.25. The van der Waals surface area contributed by atoms with Gasteiger partial charge >= 0.3 is 0 Å². The Morgan fingerprint density at radius 1 is 1.31 bits per heavy atom. The lowest BCUT2D eigenvalue weighted by atomic mass is 10.1. The zero-order valence-electron chi connectivity index (χ0n) is 17.2. The molecule has 0 amide bonds. The van der Waals surface area contributed by atoms with Gasteiger partial charge in [0.25, 0.3) is 0 Å². The number of aryl methyl sites for hydroxylation is 2. The Bertz CT molecular complexity index is 956. The van der Waals surface area contributed by atoms with Gasteiger partial charge in [-0.15, -0.1) is 11.3 Å². The Morgan fingerprint density at radius 2 is 2.17 bits per heavy atom. The van der Waals surface area contributed by atoms with Crippen LogP contribution in [0.25, 0.3) is 10.2 Å². The van der Waals surface area contributed by atoms with Crippen molar-refractivity contribution < 1.29 is 14.4 Å². The normalized spacial score (nSPS) is 19.7. The van der Waals surface area contributed by atoms with Crippen molar-refractivity contribution in [2.45, 2.75) is 39.5 Å².